The van der Waals surface area contributed by atoms with E-state index < -0.39 is 0 Å². The Morgan fingerprint density at radius 3 is 0.386 bits per heavy atom. The second-order valence-electron chi connectivity index (χ2n) is 1.89. The van der Waals surface area contributed by atoms with E-state index in [0.29, 0.717) is 0 Å². The Morgan fingerprint density at radius 2 is 0.351 bits per heavy atom. The van der Waals surface area contributed by atoms with Gasteiger partial charge in [-0.05, 0) is 13.6 Å². The molecule has 51 heteroatoms. The van der Waals surface area contributed by atoms with Gasteiger partial charge in [-0.1, -0.05) is 8.58 Å². The highest BCUT2D eigenvalue weighted by Crippen LogP contribution is 2.08. The molecule has 1 rings (SSSR count). The molecular formula is C6H10B48NOP. The van der Waals surface area contributed by atoms with Crippen LogP contribution in [0, 0.1) is 13.8 Å². The SMILES string of the molecule is CPc1nc(C)oc1C.[B].[B].[B].[B].[B].[B].[B].[B].[B].[B].[B].[B].[B].[B].[B].[B].[B].[B].[B].[B].[B].[B].[B].[B].[B].[B].[B].[B].[B].[B].[B].[B].[B].[B].[B].[B].[B].[B].[B].[B].[B].[B].[B].[B].[B].[B].[B].[B]. The summed E-state index contributed by atoms with van der Waals surface area (Å²) >= 11 is 0. The molecule has 2 nitrogen and oxygen atoms in total. The molecule has 1 aromatic rings. The van der Waals surface area contributed by atoms with Gasteiger partial charge in [-0.15, -0.1) is 0 Å². The molecule has 0 amide bonds. The number of oxazole rings is 1. The molecule has 1 atom stereocenters. The lowest BCUT2D eigenvalue weighted by Crippen LogP contribution is -1.96. The minimum absolute atomic E-state index is 0. The predicted molar refractivity (Wildman–Crippen MR) is 316 cm³/mol. The molecule has 0 aliphatic carbocycles. The van der Waals surface area contributed by atoms with Crippen molar-refractivity contribution in [3.63, 3.8) is 0 Å². The van der Waals surface area contributed by atoms with Crippen molar-refractivity contribution in [3.8, 4) is 0 Å². The van der Waals surface area contributed by atoms with Crippen molar-refractivity contribution in [2.75, 3.05) is 6.66 Å². The van der Waals surface area contributed by atoms with Crippen LogP contribution in [0.25, 0.3) is 0 Å². The second kappa shape index (κ2) is 900. The average Bonchev–Trinajstić information content (AvgIpc) is 2.10. The molecule has 0 aliphatic rings. The van der Waals surface area contributed by atoms with Gasteiger partial charge in [0.25, 0.3) is 0 Å². The molecule has 1 heterocycles. The largest absolute Gasteiger partial charge is 0.446 e. The molecule has 0 fully saturated rings. The Balaban J connectivity index is -0.000000000367. The Labute approximate surface area is 456 Å². The second-order valence-corrected chi connectivity index (χ2v) is 2.86. The zero-order chi connectivity index (χ0) is 6.85. The molecule has 0 aromatic carbocycles. The van der Waals surface area contributed by atoms with Crippen molar-refractivity contribution in [2.24, 2.45) is 0 Å². The maximum Gasteiger partial charge on any atom is 0.191 e. The average molecular weight is 662 g/mol. The van der Waals surface area contributed by atoms with Crippen LogP contribution in [-0.4, -0.2) is 415 Å². The van der Waals surface area contributed by atoms with E-state index in [1.807, 2.05) is 13.8 Å². The van der Waals surface area contributed by atoms with Crippen molar-refractivity contribution in [1.29, 1.82) is 0 Å². The number of aryl methyl sites for hydroxylation is 2. The van der Waals surface area contributed by atoms with Crippen LogP contribution in [0.3, 0.4) is 0 Å². The van der Waals surface area contributed by atoms with Crippen molar-refractivity contribution < 1.29 is 4.42 Å². The van der Waals surface area contributed by atoms with Gasteiger partial charge in [0.05, 0.1) is 0 Å². The van der Waals surface area contributed by atoms with Gasteiger partial charge in [0.15, 0.2) is 5.89 Å². The molecular weight excluding hydrogens is 652 g/mol. The van der Waals surface area contributed by atoms with Crippen LogP contribution in [-0.2, 0) is 0 Å². The molecule has 0 saturated heterocycles. The molecule has 0 bridgehead atoms. The zero-order valence-electron chi connectivity index (χ0n) is 33.6. The predicted octanol–water partition coefficient (Wildman–Crippen LogP) is -17.1. The highest BCUT2D eigenvalue weighted by atomic mass is 31.1. The molecule has 144 radical (unpaired) electrons. The van der Waals surface area contributed by atoms with E-state index in [4.69, 9.17) is 4.42 Å². The quantitative estimate of drug-likeness (QED) is 0.221. The molecule has 1 aromatic heterocycles. The minimum atomic E-state index is 0. The number of hydrogen-bond acceptors (Lipinski definition) is 2. The van der Waals surface area contributed by atoms with E-state index in [9.17, 15) is 0 Å². The fourth-order valence-electron chi connectivity index (χ4n) is 0.761. The number of hydrogen-bond donors (Lipinski definition) is 0. The van der Waals surface area contributed by atoms with Crippen molar-refractivity contribution in [3.05, 3.63) is 11.7 Å². The Bertz CT molecular complexity index is 243. The maximum absolute atomic E-state index is 5.20. The van der Waals surface area contributed by atoms with Crippen LogP contribution in [0.5, 0.6) is 0 Å². The van der Waals surface area contributed by atoms with Crippen LogP contribution >= 0.6 is 8.58 Å². The topological polar surface area (TPSA) is 26.0 Å². The Hall–Kier alpha value is 2.76. The highest BCUT2D eigenvalue weighted by molar-refractivity contribution is 7.46. The molecule has 0 N–H and O–H groups in total. The summed E-state index contributed by atoms with van der Waals surface area (Å²) in [5.41, 5.74) is 1.10. The minimum Gasteiger partial charge on any atom is -0.446 e. The van der Waals surface area contributed by atoms with E-state index in [-0.39, 0.29) is 404 Å². The zero-order valence-corrected chi connectivity index (χ0v) is 34.6. The lowest BCUT2D eigenvalue weighted by atomic mass is 10.6. The lowest BCUT2D eigenvalue weighted by molar-refractivity contribution is 0.495. The maximum atomic E-state index is 5.20. The Morgan fingerprint density at radius 1 is 0.246 bits per heavy atom. The van der Waals surface area contributed by atoms with Crippen LogP contribution in [0.15, 0.2) is 4.42 Å². The molecule has 194 valence electrons. The standard InChI is InChI=1S/C6H10NOP.48B/c1-4-6(9-3)7-5(2)8-4;;;;;;;;;;;;;;;;;;;;;;;;;;;;;;;;;;;;;;;;;;;;;;;;/h9H,1-3H3;;;;;;;;;;;;;;;;;;;;;;;;;;;;;;;;;;;;;;;;;;;;;;;;. The summed E-state index contributed by atoms with van der Waals surface area (Å²) in [6, 6.07) is 0. The summed E-state index contributed by atoms with van der Waals surface area (Å²) in [4.78, 5) is 4.17. The van der Waals surface area contributed by atoms with Gasteiger partial charge in [-0.3, -0.25) is 0 Å². The summed E-state index contributed by atoms with van der Waals surface area (Å²) in [5, 5.41) is 0. The first-order chi connectivity index (χ1) is 4.24. The van der Waals surface area contributed by atoms with E-state index >= 15 is 0 Å². The summed E-state index contributed by atoms with van der Waals surface area (Å²) in [5.74, 6) is 1.74. The molecule has 57 heavy (non-hydrogen) atoms. The van der Waals surface area contributed by atoms with Crippen LogP contribution in [0.4, 0.5) is 0 Å². The van der Waals surface area contributed by atoms with E-state index in [1.54, 1.807) is 0 Å². The third-order valence-corrected chi connectivity index (χ3v) is 2.08. The van der Waals surface area contributed by atoms with Gasteiger partial charge in [0.2, 0.25) is 0 Å². The first-order valence-electron chi connectivity index (χ1n) is 2.86. The summed E-state index contributed by atoms with van der Waals surface area (Å²) in [6.45, 7) is 5.92. The van der Waals surface area contributed by atoms with Crippen LogP contribution in [0.2, 0.25) is 0 Å². The van der Waals surface area contributed by atoms with Gasteiger partial charge < -0.3 is 4.42 Å². The molecule has 0 spiro atoms. The first-order valence-corrected chi connectivity index (χ1v) is 4.36. The summed E-state index contributed by atoms with van der Waals surface area (Å²) < 4.78 is 5.20. The number of aromatic nitrogens is 1. The smallest absolute Gasteiger partial charge is 0.191 e. The van der Waals surface area contributed by atoms with Gasteiger partial charge in [0, 0.05) is 411 Å². The van der Waals surface area contributed by atoms with Gasteiger partial charge >= 0.3 is 0 Å². The molecule has 1 unspecified atom stereocenters. The summed E-state index contributed by atoms with van der Waals surface area (Å²) in [7, 11) is 0.745. The highest BCUT2D eigenvalue weighted by Gasteiger charge is 2.01. The fourth-order valence-corrected chi connectivity index (χ4v) is 1.43. The molecule has 0 saturated carbocycles. The number of nitrogens with zero attached hydrogens (tertiary/aromatic N) is 1. The first kappa shape index (κ1) is 1490. The van der Waals surface area contributed by atoms with Gasteiger partial charge in [-0.25, -0.2) is 4.98 Å². The normalized spacial score (nSPS) is 1.81. The van der Waals surface area contributed by atoms with E-state index in [0.717, 1.165) is 25.7 Å². The molecule has 0 aliphatic heterocycles. The van der Waals surface area contributed by atoms with Crippen molar-refractivity contribution in [2.45, 2.75) is 13.8 Å². The van der Waals surface area contributed by atoms with Crippen molar-refractivity contribution >= 4 is 418 Å². The van der Waals surface area contributed by atoms with E-state index in [1.165, 1.54) is 0 Å². The summed E-state index contributed by atoms with van der Waals surface area (Å²) in [6.07, 6.45) is 0. The third-order valence-electron chi connectivity index (χ3n) is 1.14. The lowest BCUT2D eigenvalue weighted by Gasteiger charge is -1.84. The monoisotopic (exact) mass is 671 g/mol. The van der Waals surface area contributed by atoms with Gasteiger partial charge in [-0.2, -0.15) is 0 Å². The third kappa shape index (κ3) is 674. The van der Waals surface area contributed by atoms with Crippen molar-refractivity contribution in [1.82, 2.24) is 4.98 Å². The van der Waals surface area contributed by atoms with Crippen LogP contribution in [0.1, 0.15) is 11.7 Å². The van der Waals surface area contributed by atoms with Crippen LogP contribution < -0.4 is 5.44 Å². The Kier molecular flexibility index (Phi) is 23600. The fraction of sp³-hybridized carbons (Fsp3) is 0.500. The van der Waals surface area contributed by atoms with E-state index in [2.05, 4.69) is 11.6 Å². The number of rotatable bonds is 1. The van der Waals surface area contributed by atoms with Gasteiger partial charge in [0.1, 0.15) is 11.2 Å².